The number of ether oxygens (including phenoxy) is 1. The maximum absolute atomic E-state index is 14.0. The molecule has 6 heteroatoms. The van der Waals surface area contributed by atoms with Gasteiger partial charge in [-0.25, -0.2) is 4.39 Å². The first-order valence-electron chi connectivity index (χ1n) is 6.83. The molecule has 1 aromatic carbocycles. The second-order valence-electron chi connectivity index (χ2n) is 5.02. The highest BCUT2D eigenvalue weighted by molar-refractivity contribution is 6.32. The van der Waals surface area contributed by atoms with E-state index < -0.39 is 5.82 Å². The van der Waals surface area contributed by atoms with Gasteiger partial charge in [-0.15, -0.1) is 0 Å². The van der Waals surface area contributed by atoms with Gasteiger partial charge in [0.25, 0.3) is 5.91 Å². The summed E-state index contributed by atoms with van der Waals surface area (Å²) in [6, 6.07) is 2.79. The van der Waals surface area contributed by atoms with Crippen LogP contribution in [0.1, 0.15) is 19.4 Å². The lowest BCUT2D eigenvalue weighted by Gasteiger charge is -2.12. The van der Waals surface area contributed by atoms with Crippen LogP contribution in [0.25, 0.3) is 5.57 Å². The van der Waals surface area contributed by atoms with Crippen molar-refractivity contribution in [3.63, 3.8) is 0 Å². The van der Waals surface area contributed by atoms with E-state index in [4.69, 9.17) is 4.74 Å². The maximum atomic E-state index is 14.0. The molecular formula is C16H18FN3O2. The Balaban J connectivity index is 2.50. The number of halogens is 1. The first-order valence-corrected chi connectivity index (χ1v) is 6.83. The average molecular weight is 303 g/mol. The molecule has 116 valence electrons. The molecule has 22 heavy (non-hydrogen) atoms. The number of benzene rings is 1. The zero-order valence-corrected chi connectivity index (χ0v) is 12.7. The number of nitrogens with one attached hydrogen (secondary N) is 2. The molecule has 0 aromatic heterocycles. The van der Waals surface area contributed by atoms with E-state index in [-0.39, 0.29) is 17.8 Å². The number of nitrogens with zero attached hydrogens (tertiary/aromatic N) is 1. The summed E-state index contributed by atoms with van der Waals surface area (Å²) in [6.45, 7) is 7.00. The van der Waals surface area contributed by atoms with Crippen molar-refractivity contribution in [2.75, 3.05) is 12.4 Å². The minimum absolute atomic E-state index is 0.119. The summed E-state index contributed by atoms with van der Waals surface area (Å²) in [5.41, 5.74) is 2.04. The summed E-state index contributed by atoms with van der Waals surface area (Å²) in [4.78, 5) is 15.8. The van der Waals surface area contributed by atoms with Gasteiger partial charge in [0.15, 0.2) is 11.6 Å². The van der Waals surface area contributed by atoms with Crippen molar-refractivity contribution in [3.8, 4) is 5.75 Å². The van der Waals surface area contributed by atoms with E-state index in [2.05, 4.69) is 22.3 Å². The summed E-state index contributed by atoms with van der Waals surface area (Å²) in [5, 5.41) is 5.54. The van der Waals surface area contributed by atoms with Crippen molar-refractivity contribution in [2.45, 2.75) is 20.0 Å². The number of fused-ring (bicyclic) bond motifs is 1. The second kappa shape index (κ2) is 6.43. The van der Waals surface area contributed by atoms with Crippen LogP contribution in [-0.2, 0) is 4.79 Å². The number of rotatable bonds is 5. The quantitative estimate of drug-likeness (QED) is 0.649. The van der Waals surface area contributed by atoms with Crippen LogP contribution in [0.4, 0.5) is 10.1 Å². The SMILES string of the molecule is C=N/C=C(/C=C1\C(=O)Nc2cc(F)c(OC(C)C)cc21)NC. The third-order valence-electron chi connectivity index (χ3n) is 3.04. The van der Waals surface area contributed by atoms with Crippen molar-refractivity contribution in [1.82, 2.24) is 5.32 Å². The molecule has 1 aliphatic heterocycles. The van der Waals surface area contributed by atoms with Gasteiger partial charge in [-0.05, 0) is 32.7 Å². The molecule has 0 aliphatic carbocycles. The zero-order valence-electron chi connectivity index (χ0n) is 12.7. The largest absolute Gasteiger partial charge is 0.488 e. The molecule has 0 saturated carbocycles. The Hall–Kier alpha value is -2.63. The van der Waals surface area contributed by atoms with Crippen LogP contribution < -0.4 is 15.4 Å². The first kappa shape index (κ1) is 15.8. The maximum Gasteiger partial charge on any atom is 0.256 e. The molecule has 0 saturated heterocycles. The Morgan fingerprint density at radius 1 is 1.50 bits per heavy atom. The Labute approximate surface area is 128 Å². The molecule has 2 rings (SSSR count). The van der Waals surface area contributed by atoms with E-state index in [1.54, 1.807) is 13.1 Å². The minimum Gasteiger partial charge on any atom is -0.488 e. The fourth-order valence-electron chi connectivity index (χ4n) is 2.11. The van der Waals surface area contributed by atoms with Crippen molar-refractivity contribution in [2.24, 2.45) is 4.99 Å². The summed E-state index contributed by atoms with van der Waals surface area (Å²) in [6.07, 6.45) is 2.96. The summed E-state index contributed by atoms with van der Waals surface area (Å²) < 4.78 is 19.4. The highest BCUT2D eigenvalue weighted by atomic mass is 19.1. The number of anilines is 1. The van der Waals surface area contributed by atoms with E-state index in [9.17, 15) is 9.18 Å². The van der Waals surface area contributed by atoms with Gasteiger partial charge in [0.05, 0.1) is 23.1 Å². The highest BCUT2D eigenvalue weighted by Crippen LogP contribution is 2.37. The van der Waals surface area contributed by atoms with Gasteiger partial charge in [-0.1, -0.05) is 0 Å². The third kappa shape index (κ3) is 3.16. The molecule has 0 unspecified atom stereocenters. The zero-order chi connectivity index (χ0) is 16.3. The van der Waals surface area contributed by atoms with E-state index in [0.717, 1.165) is 0 Å². The second-order valence-corrected chi connectivity index (χ2v) is 5.02. The number of hydrogen-bond acceptors (Lipinski definition) is 4. The van der Waals surface area contributed by atoms with Gasteiger partial charge in [0.1, 0.15) is 0 Å². The topological polar surface area (TPSA) is 62.7 Å². The van der Waals surface area contributed by atoms with Crippen LogP contribution in [-0.4, -0.2) is 25.8 Å². The number of hydrogen-bond donors (Lipinski definition) is 2. The van der Waals surface area contributed by atoms with Crippen molar-refractivity contribution in [1.29, 1.82) is 0 Å². The molecule has 1 aromatic rings. The standard InChI is InChI=1S/C16H18FN3O2/c1-9(2)22-15-6-11-12(5-10(19-4)8-18-3)16(21)20-14(11)7-13(15)17/h5-9,19H,3H2,1-2,4H3,(H,20,21)/b10-8-,12-5-. The summed E-state index contributed by atoms with van der Waals surface area (Å²) in [7, 11) is 1.71. The van der Waals surface area contributed by atoms with E-state index in [1.165, 1.54) is 18.3 Å². The van der Waals surface area contributed by atoms with Gasteiger partial charge in [0, 0.05) is 24.9 Å². The Bertz CT molecular complexity index is 678. The minimum atomic E-state index is -0.508. The molecule has 2 N–H and O–H groups in total. The van der Waals surface area contributed by atoms with E-state index >= 15 is 0 Å². The third-order valence-corrected chi connectivity index (χ3v) is 3.04. The van der Waals surface area contributed by atoms with E-state index in [0.29, 0.717) is 22.5 Å². The van der Waals surface area contributed by atoms with Gasteiger partial charge < -0.3 is 15.4 Å². The number of aliphatic imine (C=N–C) groups is 1. The molecule has 0 atom stereocenters. The van der Waals surface area contributed by atoms with Crippen molar-refractivity contribution in [3.05, 3.63) is 41.5 Å². The van der Waals surface area contributed by atoms with Crippen LogP contribution >= 0.6 is 0 Å². The number of likely N-dealkylation sites (N-methyl/N-ethyl adjacent to an activating group) is 1. The molecule has 0 fully saturated rings. The predicted octanol–water partition coefficient (Wildman–Crippen LogP) is 2.71. The highest BCUT2D eigenvalue weighted by Gasteiger charge is 2.26. The lowest BCUT2D eigenvalue weighted by Crippen LogP contribution is -2.08. The average Bonchev–Trinajstić information content (AvgIpc) is 2.74. The molecule has 0 spiro atoms. The molecule has 5 nitrogen and oxygen atoms in total. The molecule has 0 bridgehead atoms. The monoisotopic (exact) mass is 303 g/mol. The summed E-state index contributed by atoms with van der Waals surface area (Å²) in [5.74, 6) is -0.694. The van der Waals surface area contributed by atoms with Crippen molar-refractivity contribution >= 4 is 23.9 Å². The lowest BCUT2D eigenvalue weighted by molar-refractivity contribution is -0.110. The molecule has 1 heterocycles. The van der Waals surface area contributed by atoms with Gasteiger partial charge in [0.2, 0.25) is 0 Å². The number of allylic oxidation sites excluding steroid dienone is 1. The van der Waals surface area contributed by atoms with Gasteiger partial charge >= 0.3 is 0 Å². The molecule has 1 aliphatic rings. The van der Waals surface area contributed by atoms with Gasteiger partial charge in [-0.2, -0.15) is 0 Å². The van der Waals surface area contributed by atoms with Crippen LogP contribution in [0.3, 0.4) is 0 Å². The predicted molar refractivity (Wildman–Crippen MR) is 85.5 cm³/mol. The first-order chi connectivity index (χ1) is 10.5. The smallest absolute Gasteiger partial charge is 0.256 e. The fourth-order valence-corrected chi connectivity index (χ4v) is 2.11. The Morgan fingerprint density at radius 2 is 2.23 bits per heavy atom. The Kier molecular flexibility index (Phi) is 4.60. The molecule has 1 amide bonds. The molecule has 0 radical (unpaired) electrons. The molecular weight excluding hydrogens is 285 g/mol. The lowest BCUT2D eigenvalue weighted by atomic mass is 10.1. The van der Waals surface area contributed by atoms with Gasteiger partial charge in [-0.3, -0.25) is 9.79 Å². The fraction of sp³-hybridized carbons (Fsp3) is 0.250. The van der Waals surface area contributed by atoms with E-state index in [1.807, 2.05) is 13.8 Å². The van der Waals surface area contributed by atoms with Crippen LogP contribution in [0.5, 0.6) is 5.75 Å². The normalized spacial score (nSPS) is 15.8. The number of carbonyl (C=O) groups excluding carboxylic acids is 1. The Morgan fingerprint density at radius 3 is 2.82 bits per heavy atom. The number of carbonyl (C=O) groups is 1. The number of amides is 1. The van der Waals surface area contributed by atoms with Crippen molar-refractivity contribution < 1.29 is 13.9 Å². The van der Waals surface area contributed by atoms with Crippen LogP contribution in [0.15, 0.2) is 35.1 Å². The van der Waals surface area contributed by atoms with Crippen LogP contribution in [0, 0.1) is 5.82 Å². The summed E-state index contributed by atoms with van der Waals surface area (Å²) >= 11 is 0. The van der Waals surface area contributed by atoms with Crippen LogP contribution in [0.2, 0.25) is 0 Å².